The highest BCUT2D eigenvalue weighted by molar-refractivity contribution is 7.38. The number of rotatable bonds is 5. The summed E-state index contributed by atoms with van der Waals surface area (Å²) >= 11 is 0. The molecule has 1 aliphatic rings. The van der Waals surface area contributed by atoms with Gasteiger partial charge in [0.05, 0.1) is 7.59 Å². The third-order valence-electron chi connectivity index (χ3n) is 4.79. The van der Waals surface area contributed by atoms with Crippen molar-refractivity contribution in [2.45, 2.75) is 77.6 Å². The van der Waals surface area contributed by atoms with Crippen LogP contribution >= 0.6 is 0 Å². The molecule has 0 N–H and O–H groups in total. The normalized spacial score (nSPS) is 25.8. The molecule has 3 nitrogen and oxygen atoms in total. The van der Waals surface area contributed by atoms with Gasteiger partial charge in [-0.3, -0.25) is 0 Å². The van der Waals surface area contributed by atoms with E-state index < -0.39 is 15.4 Å². The number of esters is 1. The van der Waals surface area contributed by atoms with Gasteiger partial charge in [0.15, 0.2) is 7.83 Å². The third kappa shape index (κ3) is 4.30. The Morgan fingerprint density at radius 2 is 2.00 bits per heavy atom. The van der Waals surface area contributed by atoms with Crippen molar-refractivity contribution in [1.29, 1.82) is 0 Å². The van der Waals surface area contributed by atoms with E-state index in [9.17, 15) is 4.79 Å². The van der Waals surface area contributed by atoms with Gasteiger partial charge in [-0.2, -0.15) is 0 Å². The standard InChI is InChI=1S/C15H30O3Si2/c1-8-13(17-15(16)12(2)3)11-14-9-10-19(4,5)20(6,7)18-14/h13-14H,2,8-11H2,1,3-7H3. The van der Waals surface area contributed by atoms with E-state index in [0.717, 1.165) is 19.3 Å². The molecule has 1 fully saturated rings. The Labute approximate surface area is 125 Å². The van der Waals surface area contributed by atoms with E-state index in [4.69, 9.17) is 9.16 Å². The zero-order chi connectivity index (χ0) is 15.6. The lowest BCUT2D eigenvalue weighted by Gasteiger charge is -2.46. The van der Waals surface area contributed by atoms with Crippen LogP contribution in [0, 0.1) is 0 Å². The van der Waals surface area contributed by atoms with Gasteiger partial charge in [-0.25, -0.2) is 4.79 Å². The summed E-state index contributed by atoms with van der Waals surface area (Å²) in [5.41, 5.74) is 0.469. The number of carbonyl (C=O) groups excluding carboxylic acids is 1. The Morgan fingerprint density at radius 1 is 1.40 bits per heavy atom. The second-order valence-corrected chi connectivity index (χ2v) is 22.3. The highest BCUT2D eigenvalue weighted by Gasteiger charge is 2.47. The fourth-order valence-electron chi connectivity index (χ4n) is 2.47. The Hall–Kier alpha value is -0.396. The van der Waals surface area contributed by atoms with E-state index in [2.05, 4.69) is 39.7 Å². The molecule has 116 valence electrons. The summed E-state index contributed by atoms with van der Waals surface area (Å²) in [6.07, 6.45) is 3.01. The number of hydrogen-bond donors (Lipinski definition) is 0. The second-order valence-electron chi connectivity index (χ2n) is 7.12. The predicted molar refractivity (Wildman–Crippen MR) is 88.9 cm³/mol. The molecule has 0 aromatic heterocycles. The van der Waals surface area contributed by atoms with Crippen LogP contribution in [0.15, 0.2) is 12.2 Å². The van der Waals surface area contributed by atoms with Crippen LogP contribution in [-0.4, -0.2) is 33.6 Å². The minimum absolute atomic E-state index is 0.0446. The molecule has 0 spiro atoms. The fraction of sp³-hybridized carbons (Fsp3) is 0.800. The summed E-state index contributed by atoms with van der Waals surface area (Å²) in [5.74, 6) is -0.279. The maximum absolute atomic E-state index is 11.6. The van der Waals surface area contributed by atoms with Crippen LogP contribution in [0.5, 0.6) is 0 Å². The predicted octanol–water partition coefficient (Wildman–Crippen LogP) is 4.06. The van der Waals surface area contributed by atoms with Crippen LogP contribution < -0.4 is 0 Å². The first-order valence-corrected chi connectivity index (χ1v) is 14.7. The number of ether oxygens (including phenoxy) is 1. The summed E-state index contributed by atoms with van der Waals surface area (Å²) in [6.45, 7) is 17.0. The minimum Gasteiger partial charge on any atom is -0.459 e. The van der Waals surface area contributed by atoms with Crippen LogP contribution in [0.1, 0.15) is 33.1 Å². The topological polar surface area (TPSA) is 35.5 Å². The van der Waals surface area contributed by atoms with Crippen molar-refractivity contribution < 1.29 is 14.0 Å². The quantitative estimate of drug-likeness (QED) is 0.436. The molecule has 1 heterocycles. The molecular weight excluding hydrogens is 284 g/mol. The minimum atomic E-state index is -1.54. The van der Waals surface area contributed by atoms with Crippen molar-refractivity contribution in [3.63, 3.8) is 0 Å². The Bertz CT molecular complexity index is 377. The molecule has 0 aromatic rings. The van der Waals surface area contributed by atoms with Crippen LogP contribution in [0.3, 0.4) is 0 Å². The molecule has 0 aliphatic carbocycles. The lowest BCUT2D eigenvalue weighted by Crippen LogP contribution is -2.62. The van der Waals surface area contributed by atoms with Gasteiger partial charge in [-0.1, -0.05) is 32.6 Å². The molecule has 1 aliphatic heterocycles. The Balaban J connectivity index is 2.59. The molecule has 2 unspecified atom stereocenters. The lowest BCUT2D eigenvalue weighted by atomic mass is 10.1. The number of carbonyl (C=O) groups is 1. The average Bonchev–Trinajstić information content (AvgIpc) is 2.32. The van der Waals surface area contributed by atoms with Crippen molar-refractivity contribution >= 4 is 21.4 Å². The van der Waals surface area contributed by atoms with E-state index in [1.54, 1.807) is 6.92 Å². The highest BCUT2D eigenvalue weighted by atomic mass is 29.3. The first-order valence-electron chi connectivity index (χ1n) is 7.63. The maximum Gasteiger partial charge on any atom is 0.333 e. The Kier molecular flexibility index (Phi) is 5.81. The van der Waals surface area contributed by atoms with Crippen LogP contribution in [0.2, 0.25) is 32.2 Å². The zero-order valence-corrected chi connectivity index (χ0v) is 15.9. The van der Waals surface area contributed by atoms with Crippen molar-refractivity contribution in [2.75, 3.05) is 0 Å². The van der Waals surface area contributed by atoms with E-state index in [1.807, 2.05) is 0 Å². The summed E-state index contributed by atoms with van der Waals surface area (Å²) in [6, 6.07) is 1.34. The van der Waals surface area contributed by atoms with Crippen molar-refractivity contribution in [2.24, 2.45) is 0 Å². The molecule has 0 aromatic carbocycles. The van der Waals surface area contributed by atoms with Gasteiger partial charge in [0, 0.05) is 18.1 Å². The van der Waals surface area contributed by atoms with Gasteiger partial charge in [0.25, 0.3) is 0 Å². The average molecular weight is 315 g/mol. The summed E-state index contributed by atoms with van der Waals surface area (Å²) < 4.78 is 11.9. The molecule has 1 saturated heterocycles. The van der Waals surface area contributed by atoms with Gasteiger partial charge in [-0.15, -0.1) is 0 Å². The maximum atomic E-state index is 11.6. The third-order valence-corrected chi connectivity index (χ3v) is 21.4. The van der Waals surface area contributed by atoms with Gasteiger partial charge < -0.3 is 9.16 Å². The summed E-state index contributed by atoms with van der Waals surface area (Å²) in [7, 11) is -2.72. The first-order chi connectivity index (χ1) is 9.09. The summed E-state index contributed by atoms with van der Waals surface area (Å²) in [4.78, 5) is 11.6. The molecule has 5 heteroatoms. The van der Waals surface area contributed by atoms with Crippen LogP contribution in [0.25, 0.3) is 0 Å². The van der Waals surface area contributed by atoms with Gasteiger partial charge in [0.2, 0.25) is 0 Å². The summed E-state index contributed by atoms with van der Waals surface area (Å²) in [5, 5.41) is 0. The SMILES string of the molecule is C=C(C)C(=O)OC(CC)CC1CC[Si](C)(C)[Si](C)(C)O1. The molecule has 2 atom stereocenters. The highest BCUT2D eigenvalue weighted by Crippen LogP contribution is 2.35. The van der Waals surface area contributed by atoms with Crippen LogP contribution in [-0.2, 0) is 14.0 Å². The molecule has 20 heavy (non-hydrogen) atoms. The van der Waals surface area contributed by atoms with Gasteiger partial charge in [0.1, 0.15) is 6.10 Å². The van der Waals surface area contributed by atoms with Crippen molar-refractivity contribution in [3.05, 3.63) is 12.2 Å². The number of hydrogen-bond acceptors (Lipinski definition) is 3. The van der Waals surface area contributed by atoms with Crippen molar-refractivity contribution in [1.82, 2.24) is 0 Å². The smallest absolute Gasteiger partial charge is 0.333 e. The van der Waals surface area contributed by atoms with Gasteiger partial charge in [-0.05, 0) is 32.9 Å². The first kappa shape index (κ1) is 17.7. The van der Waals surface area contributed by atoms with E-state index in [1.165, 1.54) is 6.04 Å². The van der Waals surface area contributed by atoms with E-state index >= 15 is 0 Å². The monoisotopic (exact) mass is 314 g/mol. The van der Waals surface area contributed by atoms with Gasteiger partial charge >= 0.3 is 5.97 Å². The van der Waals surface area contributed by atoms with Crippen molar-refractivity contribution in [3.8, 4) is 0 Å². The van der Waals surface area contributed by atoms with E-state index in [-0.39, 0.29) is 18.2 Å². The Morgan fingerprint density at radius 3 is 2.45 bits per heavy atom. The van der Waals surface area contributed by atoms with E-state index in [0.29, 0.717) is 5.57 Å². The molecular formula is C15H30O3Si2. The molecule has 0 saturated carbocycles. The molecule has 0 amide bonds. The zero-order valence-electron chi connectivity index (χ0n) is 13.9. The molecule has 0 bridgehead atoms. The second kappa shape index (κ2) is 6.58. The fourth-order valence-corrected chi connectivity index (χ4v) is 9.18. The lowest BCUT2D eigenvalue weighted by molar-refractivity contribution is -0.145. The largest absolute Gasteiger partial charge is 0.459 e. The van der Waals surface area contributed by atoms with Crippen LogP contribution in [0.4, 0.5) is 0 Å². The molecule has 0 radical (unpaired) electrons. The molecule has 1 rings (SSSR count).